The number of rotatable bonds is 4. The number of hydrogen-bond donors (Lipinski definition) is 1. The third-order valence-electron chi connectivity index (χ3n) is 3.70. The van der Waals surface area contributed by atoms with E-state index in [4.69, 9.17) is 4.74 Å². The lowest BCUT2D eigenvalue weighted by Crippen LogP contribution is -1.95. The van der Waals surface area contributed by atoms with E-state index in [1.807, 2.05) is 66.0 Å². The van der Waals surface area contributed by atoms with E-state index in [1.165, 1.54) is 0 Å². The van der Waals surface area contributed by atoms with Gasteiger partial charge in [0.25, 0.3) is 0 Å². The van der Waals surface area contributed by atoms with Crippen molar-refractivity contribution in [1.82, 2.24) is 4.98 Å². The summed E-state index contributed by atoms with van der Waals surface area (Å²) in [4.78, 5) is 4.30. The Bertz CT molecular complexity index is 1050. The lowest BCUT2D eigenvalue weighted by molar-refractivity contribution is 0.483. The Morgan fingerprint density at radius 2 is 1.72 bits per heavy atom. The Morgan fingerprint density at radius 1 is 0.960 bits per heavy atom. The van der Waals surface area contributed by atoms with Crippen molar-refractivity contribution < 1.29 is 4.74 Å². The first-order valence-corrected chi connectivity index (χ1v) is 8.58. The van der Waals surface area contributed by atoms with E-state index in [0.29, 0.717) is 5.56 Å². The van der Waals surface area contributed by atoms with Gasteiger partial charge in [0.05, 0.1) is 21.5 Å². The van der Waals surface area contributed by atoms with Gasteiger partial charge in [0.2, 0.25) is 0 Å². The average molecular weight is 343 g/mol. The average Bonchev–Trinajstić information content (AvgIpc) is 3.13. The van der Waals surface area contributed by atoms with Crippen LogP contribution < -0.4 is 10.1 Å². The molecule has 4 nitrogen and oxygen atoms in total. The van der Waals surface area contributed by atoms with Crippen molar-refractivity contribution in [3.8, 4) is 17.6 Å². The van der Waals surface area contributed by atoms with Gasteiger partial charge in [-0.1, -0.05) is 18.2 Å². The first-order chi connectivity index (χ1) is 12.3. The fraction of sp³-hybridized carbons (Fsp3) is 0. The van der Waals surface area contributed by atoms with Gasteiger partial charge in [-0.3, -0.25) is 4.98 Å². The standard InChI is InChI=1S/C20H13N3OS/c21-12-14-13-22-18-10-11-25-20(18)19(14)23-15-6-8-17(9-7-15)24-16-4-2-1-3-5-16/h1-11,13H,(H,22,23). The number of para-hydroxylation sites is 1. The fourth-order valence-corrected chi connectivity index (χ4v) is 3.35. The van der Waals surface area contributed by atoms with Crippen molar-refractivity contribution in [3.05, 3.63) is 77.8 Å². The summed E-state index contributed by atoms with van der Waals surface area (Å²) >= 11 is 1.57. The quantitative estimate of drug-likeness (QED) is 0.516. The van der Waals surface area contributed by atoms with Crippen molar-refractivity contribution in [2.45, 2.75) is 0 Å². The molecule has 0 aliphatic carbocycles. The van der Waals surface area contributed by atoms with Gasteiger partial charge in [-0.15, -0.1) is 11.3 Å². The number of ether oxygens (including phenoxy) is 1. The summed E-state index contributed by atoms with van der Waals surface area (Å²) in [5.74, 6) is 1.55. The molecule has 5 heteroatoms. The predicted molar refractivity (Wildman–Crippen MR) is 101 cm³/mol. The molecule has 4 rings (SSSR count). The monoisotopic (exact) mass is 343 g/mol. The van der Waals surface area contributed by atoms with Crippen molar-refractivity contribution >= 4 is 32.9 Å². The molecule has 0 aliphatic rings. The van der Waals surface area contributed by atoms with Crippen LogP contribution in [-0.2, 0) is 0 Å². The maximum absolute atomic E-state index is 9.36. The fourth-order valence-electron chi connectivity index (χ4n) is 2.50. The van der Waals surface area contributed by atoms with E-state index < -0.39 is 0 Å². The zero-order valence-electron chi connectivity index (χ0n) is 13.1. The van der Waals surface area contributed by atoms with Gasteiger partial charge in [-0.2, -0.15) is 5.26 Å². The van der Waals surface area contributed by atoms with Gasteiger partial charge in [0.1, 0.15) is 17.6 Å². The molecule has 0 radical (unpaired) electrons. The van der Waals surface area contributed by atoms with Gasteiger partial charge < -0.3 is 10.1 Å². The highest BCUT2D eigenvalue weighted by atomic mass is 32.1. The number of aromatic nitrogens is 1. The van der Waals surface area contributed by atoms with Crippen LogP contribution in [0, 0.1) is 11.3 Å². The van der Waals surface area contributed by atoms with Crippen LogP contribution in [0.4, 0.5) is 11.4 Å². The van der Waals surface area contributed by atoms with Gasteiger partial charge in [0, 0.05) is 11.9 Å². The largest absolute Gasteiger partial charge is 0.457 e. The zero-order valence-corrected chi connectivity index (χ0v) is 14.0. The molecule has 2 heterocycles. The molecule has 0 saturated carbocycles. The van der Waals surface area contributed by atoms with Crippen LogP contribution in [0.5, 0.6) is 11.5 Å². The van der Waals surface area contributed by atoms with E-state index in [-0.39, 0.29) is 0 Å². The minimum Gasteiger partial charge on any atom is -0.457 e. The van der Waals surface area contributed by atoms with Gasteiger partial charge in [-0.25, -0.2) is 0 Å². The highest BCUT2D eigenvalue weighted by molar-refractivity contribution is 7.17. The Hall–Kier alpha value is -3.36. The lowest BCUT2D eigenvalue weighted by Gasteiger charge is -2.10. The Labute approximate surface area is 149 Å². The Kier molecular flexibility index (Phi) is 4.03. The molecule has 2 aromatic heterocycles. The molecule has 0 saturated heterocycles. The molecule has 2 aromatic carbocycles. The summed E-state index contributed by atoms with van der Waals surface area (Å²) in [6, 6.07) is 21.4. The number of nitriles is 1. The first-order valence-electron chi connectivity index (χ1n) is 7.70. The third kappa shape index (κ3) is 3.16. The number of benzene rings is 2. The van der Waals surface area contributed by atoms with Crippen LogP contribution in [0.3, 0.4) is 0 Å². The minimum absolute atomic E-state index is 0.527. The molecule has 0 bridgehead atoms. The molecule has 4 aromatic rings. The summed E-state index contributed by atoms with van der Waals surface area (Å²) in [5, 5.41) is 14.7. The zero-order chi connectivity index (χ0) is 17.1. The first kappa shape index (κ1) is 15.2. The smallest absolute Gasteiger partial charge is 0.127 e. The second-order valence-corrected chi connectivity index (χ2v) is 6.27. The molecule has 0 unspecified atom stereocenters. The molecule has 0 fully saturated rings. The SMILES string of the molecule is N#Cc1cnc2ccsc2c1Nc1ccc(Oc2ccccc2)cc1. The van der Waals surface area contributed by atoms with Crippen molar-refractivity contribution in [3.63, 3.8) is 0 Å². The van der Waals surface area contributed by atoms with Crippen LogP contribution in [-0.4, -0.2) is 4.98 Å². The number of fused-ring (bicyclic) bond motifs is 1. The molecule has 0 spiro atoms. The second-order valence-electron chi connectivity index (χ2n) is 5.36. The van der Waals surface area contributed by atoms with E-state index in [1.54, 1.807) is 17.5 Å². The maximum atomic E-state index is 9.36. The van der Waals surface area contributed by atoms with Crippen LogP contribution in [0.1, 0.15) is 5.56 Å². The molecule has 25 heavy (non-hydrogen) atoms. The predicted octanol–water partition coefficient (Wildman–Crippen LogP) is 5.70. The third-order valence-corrected chi connectivity index (χ3v) is 4.62. The van der Waals surface area contributed by atoms with Crippen LogP contribution in [0.2, 0.25) is 0 Å². The van der Waals surface area contributed by atoms with Crippen LogP contribution >= 0.6 is 11.3 Å². The summed E-state index contributed by atoms with van der Waals surface area (Å²) in [6.07, 6.45) is 1.60. The van der Waals surface area contributed by atoms with Crippen molar-refractivity contribution in [1.29, 1.82) is 5.26 Å². The van der Waals surface area contributed by atoms with E-state index >= 15 is 0 Å². The molecule has 0 amide bonds. The Morgan fingerprint density at radius 3 is 2.48 bits per heavy atom. The summed E-state index contributed by atoms with van der Waals surface area (Å²) in [7, 11) is 0. The molecule has 0 aliphatic heterocycles. The summed E-state index contributed by atoms with van der Waals surface area (Å²) in [5.41, 5.74) is 3.09. The number of nitrogens with one attached hydrogen (secondary N) is 1. The van der Waals surface area contributed by atoms with Crippen molar-refractivity contribution in [2.24, 2.45) is 0 Å². The summed E-state index contributed by atoms with van der Waals surface area (Å²) in [6.45, 7) is 0. The van der Waals surface area contributed by atoms with Gasteiger partial charge >= 0.3 is 0 Å². The van der Waals surface area contributed by atoms with Crippen LogP contribution in [0.15, 0.2) is 72.2 Å². The van der Waals surface area contributed by atoms with E-state index in [0.717, 1.165) is 33.1 Å². The number of hydrogen-bond acceptors (Lipinski definition) is 5. The van der Waals surface area contributed by atoms with Crippen LogP contribution in [0.25, 0.3) is 10.2 Å². The topological polar surface area (TPSA) is 57.9 Å². The van der Waals surface area contributed by atoms with Gasteiger partial charge in [0.15, 0.2) is 0 Å². The maximum Gasteiger partial charge on any atom is 0.127 e. The number of thiophene rings is 1. The number of anilines is 2. The summed E-state index contributed by atoms with van der Waals surface area (Å²) < 4.78 is 6.77. The molecule has 120 valence electrons. The lowest BCUT2D eigenvalue weighted by atomic mass is 10.2. The van der Waals surface area contributed by atoms with Gasteiger partial charge in [-0.05, 0) is 47.8 Å². The molecule has 0 atom stereocenters. The van der Waals surface area contributed by atoms with E-state index in [2.05, 4.69) is 16.4 Å². The van der Waals surface area contributed by atoms with Crippen molar-refractivity contribution in [2.75, 3.05) is 5.32 Å². The van der Waals surface area contributed by atoms with E-state index in [9.17, 15) is 5.26 Å². The molecular formula is C20H13N3OS. The highest BCUT2D eigenvalue weighted by Crippen LogP contribution is 2.33. The molecular weight excluding hydrogens is 330 g/mol. The number of nitrogens with zero attached hydrogens (tertiary/aromatic N) is 2. The second kappa shape index (κ2) is 6.63. The normalized spacial score (nSPS) is 10.4. The minimum atomic E-state index is 0.527. The molecule has 1 N–H and O–H groups in total. The number of pyridine rings is 1. The highest BCUT2D eigenvalue weighted by Gasteiger charge is 2.10. The Balaban J connectivity index is 1.60.